The third kappa shape index (κ3) is 1.82. The Balaban J connectivity index is 2.70. The largest absolute Gasteiger partial charge is 0.496 e. The molecule has 17 heavy (non-hydrogen) atoms. The number of benzene rings is 1. The Hall–Kier alpha value is -2.11. The molecule has 2 N–H and O–H groups in total. The number of methoxy groups -OCH3 is 1. The molecule has 1 heterocycles. The van der Waals surface area contributed by atoms with Gasteiger partial charge in [0.05, 0.1) is 24.4 Å². The number of aromatic nitrogens is 2. The van der Waals surface area contributed by atoms with E-state index in [-0.39, 0.29) is 17.1 Å². The summed E-state index contributed by atoms with van der Waals surface area (Å²) in [5.41, 5.74) is 6.24. The van der Waals surface area contributed by atoms with Crippen LogP contribution in [0.15, 0.2) is 18.3 Å². The lowest BCUT2D eigenvalue weighted by atomic mass is 10.1. The molecule has 0 aliphatic rings. The van der Waals surface area contributed by atoms with E-state index in [2.05, 4.69) is 5.10 Å². The van der Waals surface area contributed by atoms with E-state index < -0.39 is 11.6 Å². The van der Waals surface area contributed by atoms with Crippen LogP contribution in [0, 0.1) is 11.6 Å². The maximum absolute atomic E-state index is 13.8. The van der Waals surface area contributed by atoms with Gasteiger partial charge in [0.25, 0.3) is 0 Å². The predicted molar refractivity (Wildman–Crippen MR) is 59.5 cm³/mol. The van der Waals surface area contributed by atoms with E-state index in [1.165, 1.54) is 18.0 Å². The van der Waals surface area contributed by atoms with Crippen LogP contribution in [0.5, 0.6) is 5.75 Å². The van der Waals surface area contributed by atoms with Gasteiger partial charge in [-0.25, -0.2) is 8.78 Å². The summed E-state index contributed by atoms with van der Waals surface area (Å²) in [5, 5.41) is 3.91. The van der Waals surface area contributed by atoms with Gasteiger partial charge in [-0.1, -0.05) is 0 Å². The predicted octanol–water partition coefficient (Wildman–Crippen LogP) is 1.96. The van der Waals surface area contributed by atoms with Gasteiger partial charge in [-0.2, -0.15) is 5.10 Å². The average Bonchev–Trinajstić information content (AvgIpc) is 2.59. The summed E-state index contributed by atoms with van der Waals surface area (Å²) in [5.74, 6) is -1.07. The van der Waals surface area contributed by atoms with Gasteiger partial charge < -0.3 is 10.5 Å². The fraction of sp³-hybridized carbons (Fsp3) is 0.182. The highest BCUT2D eigenvalue weighted by atomic mass is 19.1. The van der Waals surface area contributed by atoms with Crippen LogP contribution in [-0.4, -0.2) is 16.9 Å². The molecule has 1 aromatic heterocycles. The zero-order valence-electron chi connectivity index (χ0n) is 9.37. The number of hydrogen-bond donors (Lipinski definition) is 1. The van der Waals surface area contributed by atoms with Gasteiger partial charge in [0.15, 0.2) is 0 Å². The van der Waals surface area contributed by atoms with Crippen LogP contribution in [0.1, 0.15) is 0 Å². The Labute approximate surface area is 96.6 Å². The number of aryl methyl sites for hydroxylation is 1. The minimum atomic E-state index is -0.735. The molecule has 0 atom stereocenters. The van der Waals surface area contributed by atoms with Crippen molar-refractivity contribution in [3.63, 3.8) is 0 Å². The highest BCUT2D eigenvalue weighted by Gasteiger charge is 2.18. The maximum atomic E-state index is 13.8. The minimum Gasteiger partial charge on any atom is -0.496 e. The summed E-state index contributed by atoms with van der Waals surface area (Å²) in [4.78, 5) is 0. The van der Waals surface area contributed by atoms with Gasteiger partial charge in [0, 0.05) is 19.2 Å². The smallest absolute Gasteiger partial charge is 0.137 e. The van der Waals surface area contributed by atoms with E-state index >= 15 is 0 Å². The van der Waals surface area contributed by atoms with E-state index in [1.54, 1.807) is 7.05 Å². The van der Waals surface area contributed by atoms with Gasteiger partial charge in [-0.3, -0.25) is 4.68 Å². The van der Waals surface area contributed by atoms with Gasteiger partial charge in [0.1, 0.15) is 23.2 Å². The molecule has 4 nitrogen and oxygen atoms in total. The summed E-state index contributed by atoms with van der Waals surface area (Å²) in [6.45, 7) is 0. The second-order valence-electron chi connectivity index (χ2n) is 3.53. The van der Waals surface area contributed by atoms with E-state index in [0.717, 1.165) is 12.1 Å². The van der Waals surface area contributed by atoms with E-state index in [4.69, 9.17) is 10.5 Å². The second-order valence-corrected chi connectivity index (χ2v) is 3.53. The lowest BCUT2D eigenvalue weighted by molar-refractivity contribution is 0.409. The molecule has 0 spiro atoms. The average molecular weight is 239 g/mol. The molecule has 6 heteroatoms. The molecule has 2 rings (SSSR count). The van der Waals surface area contributed by atoms with Crippen molar-refractivity contribution in [2.75, 3.05) is 12.8 Å². The first-order chi connectivity index (χ1) is 8.04. The lowest BCUT2D eigenvalue weighted by Gasteiger charge is -2.09. The van der Waals surface area contributed by atoms with Gasteiger partial charge in [-0.05, 0) is 0 Å². The van der Waals surface area contributed by atoms with Gasteiger partial charge in [0.2, 0.25) is 0 Å². The van der Waals surface area contributed by atoms with Crippen molar-refractivity contribution in [3.8, 4) is 16.9 Å². The topological polar surface area (TPSA) is 53.1 Å². The molecule has 0 saturated carbocycles. The number of nitrogens with two attached hydrogens (primary N) is 1. The van der Waals surface area contributed by atoms with Gasteiger partial charge in [-0.15, -0.1) is 0 Å². The highest BCUT2D eigenvalue weighted by molar-refractivity contribution is 5.78. The number of nitrogens with zero attached hydrogens (tertiary/aromatic N) is 2. The molecular formula is C11H11F2N3O. The fourth-order valence-electron chi connectivity index (χ4n) is 1.61. The van der Waals surface area contributed by atoms with Crippen molar-refractivity contribution in [2.45, 2.75) is 0 Å². The Bertz CT molecular complexity index is 566. The summed E-state index contributed by atoms with van der Waals surface area (Å²) in [7, 11) is 2.97. The summed E-state index contributed by atoms with van der Waals surface area (Å²) >= 11 is 0. The summed E-state index contributed by atoms with van der Waals surface area (Å²) < 4.78 is 33.2. The van der Waals surface area contributed by atoms with Gasteiger partial charge >= 0.3 is 0 Å². The summed E-state index contributed by atoms with van der Waals surface area (Å²) in [6.07, 6.45) is 1.41. The third-order valence-electron chi connectivity index (χ3n) is 2.49. The molecule has 1 aromatic carbocycles. The van der Waals surface area contributed by atoms with Crippen molar-refractivity contribution >= 4 is 5.82 Å². The number of rotatable bonds is 2. The van der Waals surface area contributed by atoms with Crippen LogP contribution in [0.3, 0.4) is 0 Å². The Kier molecular flexibility index (Phi) is 2.71. The van der Waals surface area contributed by atoms with Crippen LogP contribution in [0.25, 0.3) is 11.1 Å². The molecule has 0 unspecified atom stereocenters. The maximum Gasteiger partial charge on any atom is 0.137 e. The first-order valence-corrected chi connectivity index (χ1v) is 4.85. The van der Waals surface area contributed by atoms with Crippen LogP contribution in [0.2, 0.25) is 0 Å². The molecule has 0 aliphatic heterocycles. The molecule has 2 aromatic rings. The number of ether oxygens (including phenoxy) is 1. The zero-order valence-corrected chi connectivity index (χ0v) is 9.37. The number of hydrogen-bond acceptors (Lipinski definition) is 3. The Morgan fingerprint density at radius 1 is 1.35 bits per heavy atom. The number of nitrogen functional groups attached to an aromatic ring is 1. The number of anilines is 1. The monoisotopic (exact) mass is 239 g/mol. The van der Waals surface area contributed by atoms with Crippen molar-refractivity contribution in [3.05, 3.63) is 30.0 Å². The van der Waals surface area contributed by atoms with Crippen LogP contribution >= 0.6 is 0 Å². The zero-order chi connectivity index (χ0) is 12.6. The SMILES string of the molecule is COc1cc(F)cc(F)c1-c1cnn(C)c1N. The quantitative estimate of drug-likeness (QED) is 0.871. The van der Waals surface area contributed by atoms with Crippen molar-refractivity contribution in [1.29, 1.82) is 0 Å². The van der Waals surface area contributed by atoms with Crippen molar-refractivity contribution < 1.29 is 13.5 Å². The summed E-state index contributed by atoms with van der Waals surface area (Å²) in [6, 6.07) is 1.88. The molecule has 0 aliphatic carbocycles. The van der Waals surface area contributed by atoms with Crippen LogP contribution in [-0.2, 0) is 7.05 Å². The molecule has 90 valence electrons. The third-order valence-corrected chi connectivity index (χ3v) is 2.49. The minimum absolute atomic E-state index is 0.0854. The Morgan fingerprint density at radius 2 is 2.06 bits per heavy atom. The van der Waals surface area contributed by atoms with E-state index in [9.17, 15) is 8.78 Å². The first-order valence-electron chi connectivity index (χ1n) is 4.85. The van der Waals surface area contributed by atoms with Crippen molar-refractivity contribution in [1.82, 2.24) is 9.78 Å². The fourth-order valence-corrected chi connectivity index (χ4v) is 1.61. The Morgan fingerprint density at radius 3 is 2.59 bits per heavy atom. The normalized spacial score (nSPS) is 10.6. The molecule has 0 radical (unpaired) electrons. The molecule has 0 fully saturated rings. The van der Waals surface area contributed by atoms with Crippen molar-refractivity contribution in [2.24, 2.45) is 7.05 Å². The molecule has 0 bridgehead atoms. The standard InChI is InChI=1S/C11H11F2N3O/c1-16-11(14)7(5-15-16)10-8(13)3-6(12)4-9(10)17-2/h3-5H,14H2,1-2H3. The lowest BCUT2D eigenvalue weighted by Crippen LogP contribution is -2.00. The first kappa shape index (κ1) is 11.4. The van der Waals surface area contributed by atoms with Crippen LogP contribution < -0.4 is 10.5 Å². The molecular weight excluding hydrogens is 228 g/mol. The highest BCUT2D eigenvalue weighted by Crippen LogP contribution is 2.36. The van der Waals surface area contributed by atoms with E-state index in [0.29, 0.717) is 5.56 Å². The van der Waals surface area contributed by atoms with E-state index in [1.807, 2.05) is 0 Å². The second kappa shape index (κ2) is 4.04. The molecule has 0 saturated heterocycles. The molecule has 0 amide bonds. The number of halogens is 2. The van der Waals surface area contributed by atoms with Crippen LogP contribution in [0.4, 0.5) is 14.6 Å².